The Hall–Kier alpha value is -2.47. The van der Waals surface area contributed by atoms with Crippen LogP contribution < -0.4 is 5.32 Å². The second-order valence-electron chi connectivity index (χ2n) is 4.04. The summed E-state index contributed by atoms with van der Waals surface area (Å²) in [6, 6.07) is 7.33. The van der Waals surface area contributed by atoms with Crippen LogP contribution in [0.25, 0.3) is 10.8 Å². The van der Waals surface area contributed by atoms with Crippen LogP contribution in [-0.2, 0) is 6.54 Å². The van der Waals surface area contributed by atoms with Crippen molar-refractivity contribution in [2.75, 3.05) is 0 Å². The summed E-state index contributed by atoms with van der Waals surface area (Å²) in [5.74, 6) is 0.139. The number of benzene rings is 1. The molecular weight excluding hydrogens is 280 g/mol. The quantitative estimate of drug-likeness (QED) is 0.747. The van der Waals surface area contributed by atoms with Crippen LogP contribution in [0.1, 0.15) is 16.2 Å². The summed E-state index contributed by atoms with van der Waals surface area (Å²) in [5.41, 5.74) is 0.452. The molecule has 0 aliphatic heterocycles. The van der Waals surface area contributed by atoms with E-state index in [1.54, 1.807) is 0 Å². The number of nitrogens with one attached hydrogen (secondary N) is 1. The first-order chi connectivity index (χ1) is 9.75. The van der Waals surface area contributed by atoms with E-state index in [1.165, 1.54) is 12.6 Å². The second kappa shape index (κ2) is 5.26. The highest BCUT2D eigenvalue weighted by atomic mass is 35.5. The third-order valence-electron chi connectivity index (χ3n) is 2.81. The molecule has 7 heteroatoms. The van der Waals surface area contributed by atoms with Crippen LogP contribution in [0.4, 0.5) is 0 Å². The molecule has 1 aromatic carbocycles. The van der Waals surface area contributed by atoms with E-state index in [1.807, 2.05) is 24.3 Å². The van der Waals surface area contributed by atoms with Crippen molar-refractivity contribution in [3.63, 3.8) is 0 Å². The van der Waals surface area contributed by atoms with Gasteiger partial charge in [-0.1, -0.05) is 41.0 Å². The van der Waals surface area contributed by atoms with Crippen LogP contribution in [0.15, 0.2) is 41.4 Å². The van der Waals surface area contributed by atoms with Gasteiger partial charge in [-0.15, -0.1) is 0 Å². The predicted octanol–water partition coefficient (Wildman–Crippen LogP) is 2.20. The molecule has 6 nitrogen and oxygen atoms in total. The number of hydrogen-bond donors (Lipinski definition) is 1. The van der Waals surface area contributed by atoms with Crippen LogP contribution in [-0.4, -0.2) is 21.0 Å². The van der Waals surface area contributed by atoms with E-state index in [9.17, 15) is 4.79 Å². The van der Waals surface area contributed by atoms with E-state index in [2.05, 4.69) is 25.0 Å². The van der Waals surface area contributed by atoms with Crippen molar-refractivity contribution in [1.29, 1.82) is 0 Å². The van der Waals surface area contributed by atoms with Crippen LogP contribution >= 0.6 is 11.6 Å². The number of pyridine rings is 1. The molecule has 0 aliphatic rings. The summed E-state index contributed by atoms with van der Waals surface area (Å²) < 4.78 is 4.60. The molecule has 2 heterocycles. The highest BCUT2D eigenvalue weighted by molar-refractivity contribution is 6.34. The van der Waals surface area contributed by atoms with Gasteiger partial charge >= 0.3 is 0 Å². The van der Waals surface area contributed by atoms with Crippen molar-refractivity contribution >= 4 is 28.3 Å². The number of carbonyl (C=O) groups excluding carboxylic acids is 1. The van der Waals surface area contributed by atoms with Gasteiger partial charge in [-0.3, -0.25) is 4.79 Å². The van der Waals surface area contributed by atoms with Gasteiger partial charge in [-0.05, 0) is 5.39 Å². The molecule has 3 aromatic rings. The summed E-state index contributed by atoms with van der Waals surface area (Å²) in [5, 5.41) is 8.18. The number of rotatable bonds is 3. The number of nitrogens with zero attached hydrogens (tertiary/aromatic N) is 3. The number of hydrogen-bond acceptors (Lipinski definition) is 5. The average Bonchev–Trinajstić information content (AvgIpc) is 2.99. The molecule has 0 aliphatic carbocycles. The molecule has 3 rings (SSSR count). The smallest absolute Gasteiger partial charge is 0.253 e. The molecule has 0 atom stereocenters. The van der Waals surface area contributed by atoms with Crippen molar-refractivity contribution in [3.8, 4) is 0 Å². The highest BCUT2D eigenvalue weighted by Crippen LogP contribution is 2.24. The predicted molar refractivity (Wildman–Crippen MR) is 72.2 cm³/mol. The molecule has 0 bridgehead atoms. The fraction of sp³-hybridized carbons (Fsp3) is 0.0769. The van der Waals surface area contributed by atoms with E-state index in [0.29, 0.717) is 16.5 Å². The number of fused-ring (bicyclic) bond motifs is 1. The third kappa shape index (κ3) is 2.33. The van der Waals surface area contributed by atoms with Gasteiger partial charge in [-0.2, -0.15) is 4.98 Å². The fourth-order valence-corrected chi connectivity index (χ4v) is 2.08. The first-order valence-corrected chi connectivity index (χ1v) is 6.20. The molecule has 0 fully saturated rings. The number of amides is 1. The normalized spacial score (nSPS) is 10.7. The third-order valence-corrected chi connectivity index (χ3v) is 3.11. The Kier molecular flexibility index (Phi) is 3.30. The minimum atomic E-state index is -0.268. The Bertz CT molecular complexity index is 758. The first-order valence-electron chi connectivity index (χ1n) is 5.82. The van der Waals surface area contributed by atoms with E-state index in [4.69, 9.17) is 11.6 Å². The molecule has 1 amide bonds. The molecule has 2 aromatic heterocycles. The van der Waals surface area contributed by atoms with E-state index in [-0.39, 0.29) is 12.5 Å². The lowest BCUT2D eigenvalue weighted by atomic mass is 10.1. The Morgan fingerprint density at radius 2 is 2.05 bits per heavy atom. The summed E-state index contributed by atoms with van der Waals surface area (Å²) in [7, 11) is 0. The molecule has 0 saturated heterocycles. The Balaban J connectivity index is 1.90. The number of aromatic nitrogens is 3. The molecule has 0 radical (unpaired) electrons. The van der Waals surface area contributed by atoms with Gasteiger partial charge < -0.3 is 9.84 Å². The topological polar surface area (TPSA) is 80.9 Å². The standard InChI is InChI=1S/C13H9ClN4O2/c14-12-9-4-2-1-3-8(9)10(5-15-12)13(19)16-6-11-17-7-20-18-11/h1-5,7H,6H2,(H,16,19). The van der Waals surface area contributed by atoms with Gasteiger partial charge in [0, 0.05) is 11.6 Å². The minimum Gasteiger partial charge on any atom is -0.345 e. The van der Waals surface area contributed by atoms with Crippen LogP contribution in [0.2, 0.25) is 5.15 Å². The van der Waals surface area contributed by atoms with Crippen molar-refractivity contribution in [2.45, 2.75) is 6.54 Å². The lowest BCUT2D eigenvalue weighted by molar-refractivity contribution is 0.0951. The fourth-order valence-electron chi connectivity index (χ4n) is 1.86. The second-order valence-corrected chi connectivity index (χ2v) is 4.40. The van der Waals surface area contributed by atoms with Crippen LogP contribution in [0.3, 0.4) is 0 Å². The van der Waals surface area contributed by atoms with Gasteiger partial charge in [0.1, 0.15) is 5.15 Å². The zero-order chi connectivity index (χ0) is 13.9. The Morgan fingerprint density at radius 1 is 1.25 bits per heavy atom. The monoisotopic (exact) mass is 288 g/mol. The van der Waals surface area contributed by atoms with Crippen molar-refractivity contribution in [1.82, 2.24) is 20.4 Å². The molecule has 1 N–H and O–H groups in total. The number of halogens is 1. The SMILES string of the molecule is O=C(NCc1ncon1)c1cnc(Cl)c2ccccc12. The van der Waals surface area contributed by atoms with E-state index >= 15 is 0 Å². The van der Waals surface area contributed by atoms with Crippen molar-refractivity contribution < 1.29 is 9.32 Å². The lowest BCUT2D eigenvalue weighted by Gasteiger charge is -2.07. The van der Waals surface area contributed by atoms with Gasteiger partial charge in [0.25, 0.3) is 5.91 Å². The summed E-state index contributed by atoms with van der Waals surface area (Å²) >= 11 is 6.02. The summed E-state index contributed by atoms with van der Waals surface area (Å²) in [4.78, 5) is 20.0. The van der Waals surface area contributed by atoms with E-state index < -0.39 is 0 Å². The molecule has 0 spiro atoms. The van der Waals surface area contributed by atoms with Crippen molar-refractivity contribution in [2.24, 2.45) is 0 Å². The maximum absolute atomic E-state index is 12.2. The zero-order valence-electron chi connectivity index (χ0n) is 10.2. The maximum atomic E-state index is 12.2. The van der Waals surface area contributed by atoms with Gasteiger partial charge in [-0.25, -0.2) is 4.98 Å². The Labute approximate surface area is 118 Å². The van der Waals surface area contributed by atoms with E-state index in [0.717, 1.165) is 10.8 Å². The number of carbonyl (C=O) groups is 1. The molecular formula is C13H9ClN4O2. The zero-order valence-corrected chi connectivity index (χ0v) is 11.0. The Morgan fingerprint density at radius 3 is 2.80 bits per heavy atom. The largest absolute Gasteiger partial charge is 0.345 e. The van der Waals surface area contributed by atoms with Gasteiger partial charge in [0.2, 0.25) is 6.39 Å². The minimum absolute atomic E-state index is 0.187. The highest BCUT2D eigenvalue weighted by Gasteiger charge is 2.13. The van der Waals surface area contributed by atoms with Gasteiger partial charge in [0.15, 0.2) is 5.82 Å². The molecule has 20 heavy (non-hydrogen) atoms. The molecule has 0 saturated carbocycles. The molecule has 0 unspecified atom stereocenters. The summed E-state index contributed by atoms with van der Waals surface area (Å²) in [6.07, 6.45) is 2.66. The van der Waals surface area contributed by atoms with Crippen molar-refractivity contribution in [3.05, 3.63) is 53.4 Å². The van der Waals surface area contributed by atoms with Crippen LogP contribution in [0, 0.1) is 0 Å². The summed E-state index contributed by atoms with van der Waals surface area (Å²) in [6.45, 7) is 0.187. The molecule has 100 valence electrons. The maximum Gasteiger partial charge on any atom is 0.253 e. The first kappa shape index (κ1) is 12.6. The lowest BCUT2D eigenvalue weighted by Crippen LogP contribution is -2.23. The van der Waals surface area contributed by atoms with Gasteiger partial charge in [0.05, 0.1) is 12.1 Å². The van der Waals surface area contributed by atoms with Crippen LogP contribution in [0.5, 0.6) is 0 Å². The average molecular weight is 289 g/mol.